The Labute approximate surface area is 169 Å². The van der Waals surface area contributed by atoms with Crippen molar-refractivity contribution in [2.75, 3.05) is 0 Å². The van der Waals surface area contributed by atoms with Crippen LogP contribution in [0, 0.1) is 0 Å². The summed E-state index contributed by atoms with van der Waals surface area (Å²) in [6, 6.07) is 25.5. The highest BCUT2D eigenvalue weighted by Gasteiger charge is 2.07. The lowest BCUT2D eigenvalue weighted by atomic mass is 9.99. The molecular formula is C26H19N3. The van der Waals surface area contributed by atoms with Crippen LogP contribution in [-0.2, 0) is 0 Å². The van der Waals surface area contributed by atoms with Gasteiger partial charge in [0.1, 0.15) is 0 Å². The van der Waals surface area contributed by atoms with Crippen LogP contribution in [0.1, 0.15) is 6.92 Å². The number of pyridine rings is 1. The van der Waals surface area contributed by atoms with E-state index < -0.39 is 0 Å². The molecule has 29 heavy (non-hydrogen) atoms. The van der Waals surface area contributed by atoms with E-state index in [9.17, 15) is 0 Å². The van der Waals surface area contributed by atoms with Crippen molar-refractivity contribution in [3.8, 4) is 11.1 Å². The largest absolute Gasteiger partial charge is 0.262 e. The normalized spacial score (nSPS) is 11.6. The maximum Gasteiger partial charge on any atom is 0.0888 e. The summed E-state index contributed by atoms with van der Waals surface area (Å²) in [6.07, 6.45) is 3.72. The molecule has 0 saturated carbocycles. The third kappa shape index (κ3) is 3.07. The van der Waals surface area contributed by atoms with Crippen molar-refractivity contribution < 1.29 is 0 Å². The van der Waals surface area contributed by atoms with E-state index in [1.54, 1.807) is 6.21 Å². The van der Waals surface area contributed by atoms with Gasteiger partial charge >= 0.3 is 0 Å². The molecule has 4 aromatic carbocycles. The predicted octanol–water partition coefficient (Wildman–Crippen LogP) is 7.26. The van der Waals surface area contributed by atoms with Crippen molar-refractivity contribution in [3.63, 3.8) is 0 Å². The molecule has 0 spiro atoms. The van der Waals surface area contributed by atoms with Crippen LogP contribution in [0.4, 0.5) is 11.4 Å². The Morgan fingerprint density at radius 2 is 1.45 bits per heavy atom. The van der Waals surface area contributed by atoms with Gasteiger partial charge in [-0.3, -0.25) is 15.0 Å². The third-order valence-corrected chi connectivity index (χ3v) is 5.25. The first-order valence-corrected chi connectivity index (χ1v) is 9.57. The van der Waals surface area contributed by atoms with Crippen LogP contribution in [0.3, 0.4) is 0 Å². The van der Waals surface area contributed by atoms with Crippen LogP contribution in [0.5, 0.6) is 0 Å². The molecular weight excluding hydrogens is 354 g/mol. The number of hydrogen-bond acceptors (Lipinski definition) is 3. The van der Waals surface area contributed by atoms with E-state index >= 15 is 0 Å². The highest BCUT2D eigenvalue weighted by molar-refractivity contribution is 5.99. The van der Waals surface area contributed by atoms with Crippen LogP contribution in [0.25, 0.3) is 43.6 Å². The lowest BCUT2D eigenvalue weighted by Crippen LogP contribution is -1.85. The summed E-state index contributed by atoms with van der Waals surface area (Å²) in [7, 11) is 0. The summed E-state index contributed by atoms with van der Waals surface area (Å²) in [5.41, 5.74) is 4.86. The number of fused-ring (bicyclic) bond motifs is 3. The number of nitrogens with zero attached hydrogens (tertiary/aromatic N) is 3. The summed E-state index contributed by atoms with van der Waals surface area (Å²) < 4.78 is 0. The Balaban J connectivity index is 1.66. The summed E-state index contributed by atoms with van der Waals surface area (Å²) in [4.78, 5) is 13.2. The van der Waals surface area contributed by atoms with E-state index in [4.69, 9.17) is 4.98 Å². The zero-order chi connectivity index (χ0) is 19.8. The van der Waals surface area contributed by atoms with Crippen LogP contribution in [0.15, 0.2) is 89.0 Å². The smallest absolute Gasteiger partial charge is 0.0888 e. The molecule has 3 heteroatoms. The Morgan fingerprint density at radius 1 is 0.724 bits per heavy atom. The van der Waals surface area contributed by atoms with E-state index in [1.807, 2.05) is 19.2 Å². The highest BCUT2D eigenvalue weighted by atomic mass is 14.8. The Kier molecular flexibility index (Phi) is 4.14. The predicted molar refractivity (Wildman–Crippen MR) is 125 cm³/mol. The molecule has 0 radical (unpaired) electrons. The quantitative estimate of drug-likeness (QED) is 0.242. The van der Waals surface area contributed by atoms with Gasteiger partial charge in [-0.25, -0.2) is 0 Å². The Morgan fingerprint density at radius 3 is 2.24 bits per heavy atom. The minimum absolute atomic E-state index is 0.794. The number of aliphatic imine (C=N–C) groups is 2. The molecule has 0 aliphatic carbocycles. The van der Waals surface area contributed by atoms with Gasteiger partial charge in [-0.2, -0.15) is 0 Å². The number of rotatable bonds is 3. The lowest BCUT2D eigenvalue weighted by Gasteiger charge is -2.08. The van der Waals surface area contributed by atoms with E-state index in [0.29, 0.717) is 0 Å². The molecule has 3 nitrogen and oxygen atoms in total. The van der Waals surface area contributed by atoms with Gasteiger partial charge < -0.3 is 0 Å². The number of benzene rings is 4. The first kappa shape index (κ1) is 17.3. The van der Waals surface area contributed by atoms with Crippen molar-refractivity contribution in [2.24, 2.45) is 9.98 Å². The molecule has 0 saturated heterocycles. The molecule has 0 bridgehead atoms. The molecule has 0 aliphatic rings. The van der Waals surface area contributed by atoms with E-state index in [2.05, 4.69) is 83.4 Å². The van der Waals surface area contributed by atoms with Gasteiger partial charge in [-0.05, 0) is 77.1 Å². The zero-order valence-corrected chi connectivity index (χ0v) is 16.1. The summed E-state index contributed by atoms with van der Waals surface area (Å²) in [5, 5.41) is 5.81. The van der Waals surface area contributed by atoms with E-state index in [1.165, 1.54) is 10.8 Å². The van der Waals surface area contributed by atoms with E-state index in [0.717, 1.165) is 44.2 Å². The summed E-state index contributed by atoms with van der Waals surface area (Å²) in [6.45, 7) is 5.56. The van der Waals surface area contributed by atoms with Crippen molar-refractivity contribution in [1.82, 2.24) is 4.98 Å². The lowest BCUT2D eigenvalue weighted by molar-refractivity contribution is 1.41. The maximum atomic E-state index is 4.72. The van der Waals surface area contributed by atoms with Gasteiger partial charge in [0.2, 0.25) is 0 Å². The van der Waals surface area contributed by atoms with Crippen molar-refractivity contribution in [3.05, 3.63) is 79.0 Å². The minimum atomic E-state index is 0.794. The summed E-state index contributed by atoms with van der Waals surface area (Å²) in [5.74, 6) is 0. The molecule has 0 aliphatic heterocycles. The first-order chi connectivity index (χ1) is 14.2. The molecule has 0 N–H and O–H groups in total. The van der Waals surface area contributed by atoms with Crippen LogP contribution < -0.4 is 0 Å². The van der Waals surface area contributed by atoms with Crippen LogP contribution in [0.2, 0.25) is 0 Å². The molecule has 0 amide bonds. The second-order valence-corrected chi connectivity index (χ2v) is 7.06. The highest BCUT2D eigenvalue weighted by Crippen LogP contribution is 2.35. The monoisotopic (exact) mass is 373 g/mol. The standard InChI is InChI=1S/C26H19N3/c1-3-28-26-15-21-10-19(8-9-20(21)14-25(26)27-2)23-12-22-11-17-6-4-5-7-18(17)13-24(22)29-16-23/h3-16H,2H2,1H3/b28-3-. The van der Waals surface area contributed by atoms with Gasteiger partial charge in [-0.15, -0.1) is 0 Å². The van der Waals surface area contributed by atoms with Gasteiger partial charge in [-0.1, -0.05) is 36.4 Å². The number of hydrogen-bond donors (Lipinski definition) is 0. The second kappa shape index (κ2) is 6.95. The van der Waals surface area contributed by atoms with Crippen LogP contribution in [-0.4, -0.2) is 17.9 Å². The van der Waals surface area contributed by atoms with Crippen molar-refractivity contribution in [1.29, 1.82) is 0 Å². The third-order valence-electron chi connectivity index (χ3n) is 5.25. The SMILES string of the molecule is C=Nc1cc2ccc(-c3cnc4cc5ccccc5cc4c3)cc2cc1/N=C\C. The minimum Gasteiger partial charge on any atom is -0.262 e. The Hall–Kier alpha value is -3.85. The molecule has 0 fully saturated rings. The number of aromatic nitrogens is 1. The zero-order valence-electron chi connectivity index (χ0n) is 16.1. The topological polar surface area (TPSA) is 37.6 Å². The second-order valence-electron chi connectivity index (χ2n) is 7.06. The molecule has 5 rings (SSSR count). The first-order valence-electron chi connectivity index (χ1n) is 9.57. The average Bonchev–Trinajstić information content (AvgIpc) is 2.76. The molecule has 0 unspecified atom stereocenters. The van der Waals surface area contributed by atoms with Crippen molar-refractivity contribution >= 4 is 56.8 Å². The molecule has 138 valence electrons. The van der Waals surface area contributed by atoms with Gasteiger partial charge in [0.05, 0.1) is 16.9 Å². The Bertz CT molecular complexity index is 1430. The maximum absolute atomic E-state index is 4.72. The molecule has 1 aromatic heterocycles. The fraction of sp³-hybridized carbons (Fsp3) is 0.0385. The van der Waals surface area contributed by atoms with E-state index in [-0.39, 0.29) is 0 Å². The van der Waals surface area contributed by atoms with Gasteiger partial charge in [0.15, 0.2) is 0 Å². The fourth-order valence-electron chi connectivity index (χ4n) is 3.80. The van der Waals surface area contributed by atoms with Gasteiger partial charge in [0, 0.05) is 23.4 Å². The average molecular weight is 373 g/mol. The fourth-order valence-corrected chi connectivity index (χ4v) is 3.80. The van der Waals surface area contributed by atoms with Crippen LogP contribution >= 0.6 is 0 Å². The molecule has 1 heterocycles. The van der Waals surface area contributed by atoms with Gasteiger partial charge in [0.25, 0.3) is 0 Å². The molecule has 0 atom stereocenters. The van der Waals surface area contributed by atoms with Crippen molar-refractivity contribution in [2.45, 2.75) is 6.92 Å². The summed E-state index contributed by atoms with van der Waals surface area (Å²) >= 11 is 0. The molecule has 5 aromatic rings.